The van der Waals surface area contributed by atoms with Crippen LogP contribution in [0.15, 0.2) is 38.1 Å². The highest BCUT2D eigenvalue weighted by molar-refractivity contribution is 6.07. The van der Waals surface area contributed by atoms with Gasteiger partial charge in [0.1, 0.15) is 5.75 Å². The molecule has 1 aromatic carbocycles. The lowest BCUT2D eigenvalue weighted by atomic mass is 10.1. The van der Waals surface area contributed by atoms with Gasteiger partial charge in [0.05, 0.1) is 17.0 Å². The molecular weight excluding hydrogens is 252 g/mol. The van der Waals surface area contributed by atoms with Gasteiger partial charge in [0.15, 0.2) is 11.2 Å². The Balaban J connectivity index is 2.54. The summed E-state index contributed by atoms with van der Waals surface area (Å²) in [7, 11) is 0. The summed E-state index contributed by atoms with van der Waals surface area (Å²) in [5, 5.41) is 10.7. The molecule has 0 aliphatic rings. The number of furan rings is 1. The van der Waals surface area contributed by atoms with Gasteiger partial charge in [0.25, 0.3) is 0 Å². The molecule has 1 N–H and O–H groups in total. The normalized spacial score (nSPS) is 11.0. The van der Waals surface area contributed by atoms with Crippen molar-refractivity contribution in [3.63, 3.8) is 0 Å². The number of phenolic OH excluding ortho intramolecular Hbond substituents is 1. The Kier molecular flexibility index (Phi) is 2.31. The van der Waals surface area contributed by atoms with Gasteiger partial charge in [-0.3, -0.25) is 4.79 Å². The Morgan fingerprint density at radius 3 is 2.68 bits per heavy atom. The van der Waals surface area contributed by atoms with Crippen LogP contribution in [0.4, 0.5) is 0 Å². The van der Waals surface area contributed by atoms with E-state index in [1.807, 2.05) is 0 Å². The van der Waals surface area contributed by atoms with Crippen LogP contribution >= 0.6 is 0 Å². The van der Waals surface area contributed by atoms with Crippen LogP contribution in [0.2, 0.25) is 0 Å². The second kappa shape index (κ2) is 3.88. The third-order valence-corrected chi connectivity index (χ3v) is 2.67. The first-order valence-electron chi connectivity index (χ1n) is 5.42. The van der Waals surface area contributed by atoms with Gasteiger partial charge in [-0.25, -0.2) is 4.79 Å². The minimum Gasteiger partial charge on any atom is -0.506 e. The number of aromatic hydroxyl groups is 1. The van der Waals surface area contributed by atoms with Crippen LogP contribution in [0, 0.1) is 0 Å². The minimum atomic E-state index is -0.619. The van der Waals surface area contributed by atoms with Crippen molar-refractivity contribution in [1.82, 2.24) is 0 Å². The maximum atomic E-state index is 11.3. The number of esters is 1. The Morgan fingerprint density at radius 2 is 1.95 bits per heavy atom. The fraction of sp³-hybridized carbons (Fsp3) is 0.0769. The Hall–Kier alpha value is -2.76. The molecule has 19 heavy (non-hydrogen) atoms. The molecule has 0 saturated heterocycles. The monoisotopic (exact) mass is 260 g/mol. The number of carbonyl (C=O) groups is 1. The van der Waals surface area contributed by atoms with Crippen LogP contribution in [0.1, 0.15) is 6.92 Å². The van der Waals surface area contributed by atoms with Gasteiger partial charge in [0.2, 0.25) is 5.75 Å². The number of fused-ring (bicyclic) bond motifs is 2. The summed E-state index contributed by atoms with van der Waals surface area (Å²) in [6, 6.07) is 4.10. The number of hydrogen-bond acceptors (Lipinski definition) is 6. The van der Waals surface area contributed by atoms with Crippen molar-refractivity contribution in [2.45, 2.75) is 6.92 Å². The molecule has 0 aliphatic heterocycles. The molecule has 0 saturated carbocycles. The summed E-state index contributed by atoms with van der Waals surface area (Å²) < 4.78 is 15.2. The molecule has 6 nitrogen and oxygen atoms in total. The first-order valence-corrected chi connectivity index (χ1v) is 5.42. The minimum absolute atomic E-state index is 0.0157. The lowest BCUT2D eigenvalue weighted by Gasteiger charge is -2.07. The van der Waals surface area contributed by atoms with E-state index in [4.69, 9.17) is 13.6 Å². The van der Waals surface area contributed by atoms with E-state index in [2.05, 4.69) is 0 Å². The van der Waals surface area contributed by atoms with E-state index in [1.165, 1.54) is 31.4 Å². The maximum Gasteiger partial charge on any atom is 0.336 e. The first-order chi connectivity index (χ1) is 9.08. The number of carbonyl (C=O) groups excluding carboxylic acids is 1. The van der Waals surface area contributed by atoms with E-state index in [0.29, 0.717) is 5.39 Å². The number of ether oxygens (including phenoxy) is 1. The molecule has 0 unspecified atom stereocenters. The van der Waals surface area contributed by atoms with E-state index in [9.17, 15) is 14.7 Å². The quantitative estimate of drug-likeness (QED) is 0.409. The van der Waals surface area contributed by atoms with Crippen LogP contribution in [0.5, 0.6) is 11.5 Å². The summed E-state index contributed by atoms with van der Waals surface area (Å²) in [4.78, 5) is 22.4. The van der Waals surface area contributed by atoms with E-state index >= 15 is 0 Å². The zero-order valence-corrected chi connectivity index (χ0v) is 9.80. The van der Waals surface area contributed by atoms with E-state index in [0.717, 1.165) is 0 Å². The molecule has 0 radical (unpaired) electrons. The fourth-order valence-electron chi connectivity index (χ4n) is 1.93. The summed E-state index contributed by atoms with van der Waals surface area (Å²) >= 11 is 0. The molecule has 3 aromatic rings. The number of rotatable bonds is 1. The molecule has 3 rings (SSSR count). The van der Waals surface area contributed by atoms with Crippen molar-refractivity contribution in [3.05, 3.63) is 34.9 Å². The Labute approximate surface area is 105 Å². The zero-order valence-electron chi connectivity index (χ0n) is 9.80. The van der Waals surface area contributed by atoms with Crippen LogP contribution in [0.25, 0.3) is 21.9 Å². The molecule has 6 heteroatoms. The van der Waals surface area contributed by atoms with Crippen molar-refractivity contribution in [3.8, 4) is 11.5 Å². The molecule has 2 aromatic heterocycles. The Morgan fingerprint density at radius 1 is 1.21 bits per heavy atom. The average Bonchev–Trinajstić information content (AvgIpc) is 2.83. The van der Waals surface area contributed by atoms with Gasteiger partial charge in [-0.15, -0.1) is 0 Å². The van der Waals surface area contributed by atoms with E-state index in [1.54, 1.807) is 0 Å². The van der Waals surface area contributed by atoms with Crippen LogP contribution in [0.3, 0.4) is 0 Å². The molecule has 0 spiro atoms. The molecule has 96 valence electrons. The first kappa shape index (κ1) is 11.3. The van der Waals surface area contributed by atoms with Crippen molar-refractivity contribution in [2.75, 3.05) is 0 Å². The third-order valence-electron chi connectivity index (χ3n) is 2.67. The van der Waals surface area contributed by atoms with Crippen molar-refractivity contribution < 1.29 is 23.5 Å². The smallest absolute Gasteiger partial charge is 0.336 e. The van der Waals surface area contributed by atoms with Gasteiger partial charge in [0, 0.05) is 13.0 Å². The molecule has 0 atom stereocenters. The molecule has 0 bridgehead atoms. The fourth-order valence-corrected chi connectivity index (χ4v) is 1.93. The van der Waals surface area contributed by atoms with Gasteiger partial charge in [-0.2, -0.15) is 0 Å². The second-order valence-electron chi connectivity index (χ2n) is 3.93. The standard InChI is InChI=1S/C13H8O6/c1-6(14)18-13-11-8(4-5-17-11)10(16)7-2-3-9(15)19-12(7)13/h2-5,16H,1H3. The highest BCUT2D eigenvalue weighted by Crippen LogP contribution is 2.41. The summed E-state index contributed by atoms with van der Waals surface area (Å²) in [5.74, 6) is -0.701. The number of benzene rings is 1. The maximum absolute atomic E-state index is 11.3. The van der Waals surface area contributed by atoms with Crippen molar-refractivity contribution in [2.24, 2.45) is 0 Å². The number of hydrogen-bond donors (Lipinski definition) is 1. The topological polar surface area (TPSA) is 89.9 Å². The van der Waals surface area contributed by atoms with Crippen LogP contribution in [-0.2, 0) is 4.79 Å². The third kappa shape index (κ3) is 1.65. The molecule has 0 amide bonds. The van der Waals surface area contributed by atoms with Crippen LogP contribution in [-0.4, -0.2) is 11.1 Å². The predicted octanol–water partition coefficient (Wildman–Crippen LogP) is 2.17. The Bertz CT molecular complexity index is 855. The highest BCUT2D eigenvalue weighted by atomic mass is 16.5. The zero-order chi connectivity index (χ0) is 13.6. The van der Waals surface area contributed by atoms with E-state index in [-0.39, 0.29) is 28.1 Å². The van der Waals surface area contributed by atoms with Gasteiger partial charge < -0.3 is 18.7 Å². The van der Waals surface area contributed by atoms with Crippen molar-refractivity contribution in [1.29, 1.82) is 0 Å². The van der Waals surface area contributed by atoms with Gasteiger partial charge in [-0.1, -0.05) is 0 Å². The largest absolute Gasteiger partial charge is 0.506 e. The second-order valence-corrected chi connectivity index (χ2v) is 3.93. The molecule has 0 fully saturated rings. The van der Waals surface area contributed by atoms with E-state index < -0.39 is 11.6 Å². The predicted molar refractivity (Wildman–Crippen MR) is 65.2 cm³/mol. The lowest BCUT2D eigenvalue weighted by Crippen LogP contribution is -2.04. The summed E-state index contributed by atoms with van der Waals surface area (Å²) in [5.41, 5.74) is -0.497. The van der Waals surface area contributed by atoms with Crippen molar-refractivity contribution >= 4 is 27.9 Å². The summed E-state index contributed by atoms with van der Waals surface area (Å²) in [6.07, 6.45) is 1.34. The van der Waals surface area contributed by atoms with Gasteiger partial charge >= 0.3 is 11.6 Å². The van der Waals surface area contributed by atoms with Gasteiger partial charge in [-0.05, 0) is 12.1 Å². The average molecular weight is 260 g/mol. The number of phenols is 1. The lowest BCUT2D eigenvalue weighted by molar-refractivity contribution is -0.131. The summed E-state index contributed by atoms with van der Waals surface area (Å²) in [6.45, 7) is 1.22. The van der Waals surface area contributed by atoms with Crippen LogP contribution < -0.4 is 10.4 Å². The molecule has 2 heterocycles. The molecular formula is C13H8O6. The highest BCUT2D eigenvalue weighted by Gasteiger charge is 2.20. The SMILES string of the molecule is CC(=O)Oc1c2occc2c(O)c2ccc(=O)oc12. The molecule has 0 aliphatic carbocycles.